The average molecular weight is 399 g/mol. The lowest BCUT2D eigenvalue weighted by Gasteiger charge is -2.28. The van der Waals surface area contributed by atoms with E-state index < -0.39 is 0 Å². The Hall–Kier alpha value is -3.52. The van der Waals surface area contributed by atoms with Crippen LogP contribution in [0.5, 0.6) is 0 Å². The smallest absolute Gasteiger partial charge is 0.228 e. The number of ether oxygens (including phenoxy) is 1. The monoisotopic (exact) mass is 399 g/mol. The number of aromatic nitrogens is 5. The molecule has 150 valence electrons. The number of nitrogens with zero attached hydrogens (tertiary/aromatic N) is 6. The van der Waals surface area contributed by atoms with E-state index in [0.29, 0.717) is 13.2 Å². The zero-order valence-electron chi connectivity index (χ0n) is 16.5. The van der Waals surface area contributed by atoms with E-state index in [1.54, 1.807) is 12.5 Å². The van der Waals surface area contributed by atoms with Crippen molar-refractivity contribution in [1.82, 2.24) is 24.9 Å². The molecule has 0 radical (unpaired) electrons. The minimum Gasteiger partial charge on any atom is -0.378 e. The molecule has 2 aliphatic heterocycles. The number of nitrogens with one attached hydrogen (secondary N) is 1. The third-order valence-corrected chi connectivity index (χ3v) is 5.76. The molecular formula is C22H21N7O. The van der Waals surface area contributed by atoms with E-state index in [-0.39, 0.29) is 0 Å². The zero-order valence-corrected chi connectivity index (χ0v) is 16.5. The van der Waals surface area contributed by atoms with Crippen LogP contribution >= 0.6 is 0 Å². The molecule has 0 atom stereocenters. The van der Waals surface area contributed by atoms with Gasteiger partial charge >= 0.3 is 0 Å². The number of fused-ring (bicyclic) bond motifs is 2. The zero-order chi connectivity index (χ0) is 19.9. The molecule has 3 aromatic heterocycles. The van der Waals surface area contributed by atoms with Gasteiger partial charge in [0.2, 0.25) is 5.95 Å². The van der Waals surface area contributed by atoms with Crippen molar-refractivity contribution in [2.24, 2.45) is 0 Å². The Balaban J connectivity index is 1.52. The van der Waals surface area contributed by atoms with E-state index in [2.05, 4.69) is 49.0 Å². The fraction of sp³-hybridized carbons (Fsp3) is 0.273. The van der Waals surface area contributed by atoms with E-state index in [4.69, 9.17) is 14.7 Å². The molecule has 8 nitrogen and oxygen atoms in total. The summed E-state index contributed by atoms with van der Waals surface area (Å²) in [5.74, 6) is 1.72. The van der Waals surface area contributed by atoms with Gasteiger partial charge in [-0.05, 0) is 30.7 Å². The second-order valence-electron chi connectivity index (χ2n) is 7.52. The molecule has 1 fully saturated rings. The van der Waals surface area contributed by atoms with Gasteiger partial charge in [-0.1, -0.05) is 6.07 Å². The van der Waals surface area contributed by atoms with Gasteiger partial charge in [0.05, 0.1) is 48.2 Å². The van der Waals surface area contributed by atoms with Gasteiger partial charge in [-0.3, -0.25) is 4.98 Å². The molecule has 1 saturated heterocycles. The summed E-state index contributed by atoms with van der Waals surface area (Å²) in [4.78, 5) is 26.4. The largest absolute Gasteiger partial charge is 0.378 e. The van der Waals surface area contributed by atoms with Crippen LogP contribution in [0.25, 0.3) is 22.3 Å². The lowest BCUT2D eigenvalue weighted by atomic mass is 10.0. The second kappa shape index (κ2) is 7.07. The van der Waals surface area contributed by atoms with Gasteiger partial charge in [0.25, 0.3) is 0 Å². The summed E-state index contributed by atoms with van der Waals surface area (Å²) in [6.45, 7) is 3.84. The molecule has 0 bridgehead atoms. The maximum Gasteiger partial charge on any atom is 0.228 e. The highest BCUT2D eigenvalue weighted by Gasteiger charge is 2.29. The minimum absolute atomic E-state index is 0.696. The third kappa shape index (κ3) is 2.88. The van der Waals surface area contributed by atoms with Gasteiger partial charge in [-0.15, -0.1) is 0 Å². The molecule has 0 unspecified atom stereocenters. The number of hydrogen-bond donors (Lipinski definition) is 1. The van der Waals surface area contributed by atoms with Crippen LogP contribution < -0.4 is 9.80 Å². The first-order chi connectivity index (χ1) is 14.9. The summed E-state index contributed by atoms with van der Waals surface area (Å²) in [5, 5.41) is 0. The highest BCUT2D eigenvalue weighted by atomic mass is 16.5. The van der Waals surface area contributed by atoms with Crippen LogP contribution in [0.1, 0.15) is 5.56 Å². The van der Waals surface area contributed by atoms with Crippen LogP contribution in [0.15, 0.2) is 49.1 Å². The van der Waals surface area contributed by atoms with Crippen LogP contribution in [0.2, 0.25) is 0 Å². The minimum atomic E-state index is 0.696. The third-order valence-electron chi connectivity index (χ3n) is 5.76. The van der Waals surface area contributed by atoms with Gasteiger partial charge in [0.15, 0.2) is 0 Å². The molecule has 30 heavy (non-hydrogen) atoms. The van der Waals surface area contributed by atoms with Crippen LogP contribution in [0, 0.1) is 0 Å². The van der Waals surface area contributed by atoms with E-state index in [0.717, 1.165) is 65.8 Å². The summed E-state index contributed by atoms with van der Waals surface area (Å²) in [6.07, 6.45) is 6.30. The number of hydrogen-bond acceptors (Lipinski definition) is 7. The first kappa shape index (κ1) is 17.3. The number of imidazole rings is 1. The molecule has 1 aromatic carbocycles. The lowest BCUT2D eigenvalue weighted by molar-refractivity contribution is 0.122. The van der Waals surface area contributed by atoms with Crippen molar-refractivity contribution in [3.63, 3.8) is 0 Å². The summed E-state index contributed by atoms with van der Waals surface area (Å²) < 4.78 is 5.53. The molecule has 2 aliphatic rings. The number of aromatic amines is 1. The number of benzene rings is 1. The standard InChI is InChI=1S/C22H21N7O/c1-2-16(13-23-6-1)29-7-5-17-20(15-3-4-18-19(12-15)25-14-24-18)26-22(27-21(17)29)28-8-10-30-11-9-28/h1-4,6,12-14H,5,7-11H2,(H,24,25). The van der Waals surface area contributed by atoms with Crippen molar-refractivity contribution in [3.8, 4) is 11.3 Å². The first-order valence-electron chi connectivity index (χ1n) is 10.2. The van der Waals surface area contributed by atoms with E-state index >= 15 is 0 Å². The predicted octanol–water partition coefficient (Wildman–Crippen LogP) is 2.95. The Bertz CT molecular complexity index is 1200. The topological polar surface area (TPSA) is 83.1 Å². The van der Waals surface area contributed by atoms with Crippen molar-refractivity contribution in [3.05, 3.63) is 54.6 Å². The Labute approximate surface area is 173 Å². The molecule has 5 heterocycles. The van der Waals surface area contributed by atoms with Crippen LogP contribution in [-0.4, -0.2) is 57.8 Å². The normalized spacial score (nSPS) is 16.3. The number of H-pyrrole nitrogens is 1. The van der Waals surface area contributed by atoms with Gasteiger partial charge in [0.1, 0.15) is 5.82 Å². The average Bonchev–Trinajstić information content (AvgIpc) is 3.46. The van der Waals surface area contributed by atoms with Gasteiger partial charge in [-0.2, -0.15) is 4.98 Å². The van der Waals surface area contributed by atoms with Crippen molar-refractivity contribution < 1.29 is 4.74 Å². The van der Waals surface area contributed by atoms with Crippen molar-refractivity contribution in [2.75, 3.05) is 42.6 Å². The van der Waals surface area contributed by atoms with Gasteiger partial charge in [-0.25, -0.2) is 9.97 Å². The fourth-order valence-corrected chi connectivity index (χ4v) is 4.23. The SMILES string of the molecule is c1cncc(N2CCc3c(-c4ccc5[nH]cnc5c4)nc(N4CCOCC4)nc32)c1. The van der Waals surface area contributed by atoms with Crippen LogP contribution in [-0.2, 0) is 11.2 Å². The summed E-state index contributed by atoms with van der Waals surface area (Å²) in [7, 11) is 0. The summed E-state index contributed by atoms with van der Waals surface area (Å²) >= 11 is 0. The van der Waals surface area contributed by atoms with E-state index in [1.807, 2.05) is 12.3 Å². The molecule has 8 heteroatoms. The number of morpholine rings is 1. The molecule has 6 rings (SSSR count). The Kier molecular flexibility index (Phi) is 4.09. The number of pyridine rings is 1. The van der Waals surface area contributed by atoms with E-state index in [1.165, 1.54) is 5.56 Å². The Morgan fingerprint density at radius 3 is 2.83 bits per heavy atom. The van der Waals surface area contributed by atoms with Crippen molar-refractivity contribution in [2.45, 2.75) is 6.42 Å². The van der Waals surface area contributed by atoms with Gasteiger partial charge in [0, 0.05) is 37.0 Å². The number of anilines is 3. The van der Waals surface area contributed by atoms with E-state index in [9.17, 15) is 0 Å². The van der Waals surface area contributed by atoms with Crippen molar-refractivity contribution >= 4 is 28.5 Å². The Morgan fingerprint density at radius 2 is 1.97 bits per heavy atom. The van der Waals surface area contributed by atoms with Crippen LogP contribution in [0.4, 0.5) is 17.5 Å². The predicted molar refractivity (Wildman–Crippen MR) is 115 cm³/mol. The highest BCUT2D eigenvalue weighted by Crippen LogP contribution is 2.39. The molecule has 1 N–H and O–H groups in total. The summed E-state index contributed by atoms with van der Waals surface area (Å²) in [5.41, 5.74) is 6.24. The quantitative estimate of drug-likeness (QED) is 0.567. The first-order valence-corrected chi connectivity index (χ1v) is 10.2. The molecule has 0 amide bonds. The maximum atomic E-state index is 5.53. The molecular weight excluding hydrogens is 378 g/mol. The molecule has 4 aromatic rings. The molecule has 0 aliphatic carbocycles. The van der Waals surface area contributed by atoms with Crippen LogP contribution in [0.3, 0.4) is 0 Å². The molecule has 0 spiro atoms. The van der Waals surface area contributed by atoms with Crippen molar-refractivity contribution in [1.29, 1.82) is 0 Å². The molecule has 0 saturated carbocycles. The second-order valence-corrected chi connectivity index (χ2v) is 7.52. The summed E-state index contributed by atoms with van der Waals surface area (Å²) in [6, 6.07) is 10.3. The fourth-order valence-electron chi connectivity index (χ4n) is 4.23. The van der Waals surface area contributed by atoms with Gasteiger partial charge < -0.3 is 19.5 Å². The highest BCUT2D eigenvalue weighted by molar-refractivity contribution is 5.84. The number of rotatable bonds is 3. The Morgan fingerprint density at radius 1 is 1.03 bits per heavy atom. The lowest BCUT2D eigenvalue weighted by Crippen LogP contribution is -2.37. The maximum absolute atomic E-state index is 5.53.